The number of aldehydes is 1. The highest BCUT2D eigenvalue weighted by Crippen LogP contribution is 2.26. The van der Waals surface area contributed by atoms with Crippen molar-refractivity contribution in [1.82, 2.24) is 0 Å². The van der Waals surface area contributed by atoms with E-state index in [0.29, 0.717) is 6.29 Å². The molecule has 11 heavy (non-hydrogen) atoms. The van der Waals surface area contributed by atoms with Crippen LogP contribution in [0.3, 0.4) is 0 Å². The van der Waals surface area contributed by atoms with Gasteiger partial charge in [0.2, 0.25) is 0 Å². The molecule has 0 aliphatic carbocycles. The van der Waals surface area contributed by atoms with Crippen molar-refractivity contribution in [2.75, 3.05) is 19.8 Å². The Kier molecular flexibility index (Phi) is 2.59. The van der Waals surface area contributed by atoms with Crippen LogP contribution >= 0.6 is 0 Å². The van der Waals surface area contributed by atoms with Crippen molar-refractivity contribution in [2.45, 2.75) is 12.0 Å². The molecule has 0 spiro atoms. The second-order valence-corrected chi connectivity index (χ2v) is 2.83. The molecule has 1 fully saturated rings. The van der Waals surface area contributed by atoms with Gasteiger partial charge in [0.05, 0.1) is 19.1 Å². The van der Waals surface area contributed by atoms with Crippen LogP contribution in [-0.2, 0) is 9.53 Å². The van der Waals surface area contributed by atoms with E-state index in [1.54, 1.807) is 0 Å². The third-order valence-corrected chi connectivity index (χ3v) is 2.05. The predicted octanol–water partition coefficient (Wildman–Crippen LogP) is -1.05. The van der Waals surface area contributed by atoms with Gasteiger partial charge in [-0.2, -0.15) is 0 Å². The minimum absolute atomic E-state index is 0.121. The first-order valence-corrected chi connectivity index (χ1v) is 3.59. The highest BCUT2D eigenvalue weighted by atomic mass is 16.5. The van der Waals surface area contributed by atoms with E-state index < -0.39 is 11.5 Å². The van der Waals surface area contributed by atoms with Crippen molar-refractivity contribution < 1.29 is 19.7 Å². The number of aliphatic hydroxyl groups is 2. The number of hydrogen-bond donors (Lipinski definition) is 2. The highest BCUT2D eigenvalue weighted by Gasteiger charge is 2.41. The Hall–Kier alpha value is -0.450. The van der Waals surface area contributed by atoms with Crippen molar-refractivity contribution in [3.8, 4) is 0 Å². The fraction of sp³-hybridized carbons (Fsp3) is 0.857. The van der Waals surface area contributed by atoms with E-state index in [0.717, 1.165) is 0 Å². The second-order valence-electron chi connectivity index (χ2n) is 2.83. The fourth-order valence-electron chi connectivity index (χ4n) is 1.24. The van der Waals surface area contributed by atoms with Gasteiger partial charge in [-0.05, 0) is 0 Å². The molecule has 1 rings (SSSR count). The Labute approximate surface area is 64.8 Å². The van der Waals surface area contributed by atoms with Gasteiger partial charge in [-0.1, -0.05) is 0 Å². The monoisotopic (exact) mass is 160 g/mol. The van der Waals surface area contributed by atoms with Crippen LogP contribution in [0.1, 0.15) is 6.42 Å². The molecule has 0 amide bonds. The summed E-state index contributed by atoms with van der Waals surface area (Å²) in [5.74, 6) is -0.477. The summed E-state index contributed by atoms with van der Waals surface area (Å²) < 4.78 is 4.92. The van der Waals surface area contributed by atoms with Crippen LogP contribution in [0.15, 0.2) is 0 Å². The van der Waals surface area contributed by atoms with E-state index in [4.69, 9.17) is 9.84 Å². The SMILES string of the molecule is O=CC1COCC1(O)CCO. The number of aliphatic hydroxyl groups excluding tert-OH is 1. The average molecular weight is 160 g/mol. The summed E-state index contributed by atoms with van der Waals surface area (Å²) in [6.07, 6.45) is 0.888. The molecule has 2 unspecified atom stereocenters. The van der Waals surface area contributed by atoms with Gasteiger partial charge in [-0.25, -0.2) is 0 Å². The molecule has 0 aromatic rings. The van der Waals surface area contributed by atoms with Crippen LogP contribution in [-0.4, -0.2) is 41.9 Å². The van der Waals surface area contributed by atoms with Crippen LogP contribution in [0.5, 0.6) is 0 Å². The maximum Gasteiger partial charge on any atom is 0.128 e. The number of rotatable bonds is 3. The normalized spacial score (nSPS) is 37.5. The first kappa shape index (κ1) is 8.64. The summed E-state index contributed by atoms with van der Waals surface area (Å²) >= 11 is 0. The van der Waals surface area contributed by atoms with Crippen LogP contribution < -0.4 is 0 Å². The second kappa shape index (κ2) is 3.30. The molecule has 0 aromatic carbocycles. The largest absolute Gasteiger partial charge is 0.396 e. The fourth-order valence-corrected chi connectivity index (χ4v) is 1.24. The molecule has 2 N–H and O–H groups in total. The van der Waals surface area contributed by atoms with Crippen molar-refractivity contribution in [3.05, 3.63) is 0 Å². The maximum absolute atomic E-state index is 10.4. The van der Waals surface area contributed by atoms with Gasteiger partial charge in [-0.15, -0.1) is 0 Å². The molecule has 1 saturated heterocycles. The maximum atomic E-state index is 10.4. The van der Waals surface area contributed by atoms with Crippen molar-refractivity contribution in [1.29, 1.82) is 0 Å². The minimum atomic E-state index is -1.13. The Morgan fingerprint density at radius 1 is 1.73 bits per heavy atom. The van der Waals surface area contributed by atoms with Gasteiger partial charge in [0.1, 0.15) is 11.9 Å². The Bertz CT molecular complexity index is 147. The molecule has 0 aromatic heterocycles. The summed E-state index contributed by atoms with van der Waals surface area (Å²) in [5, 5.41) is 18.2. The Balaban J connectivity index is 2.58. The lowest BCUT2D eigenvalue weighted by atomic mass is 9.89. The highest BCUT2D eigenvalue weighted by molar-refractivity contribution is 5.56. The first-order valence-electron chi connectivity index (χ1n) is 3.59. The minimum Gasteiger partial charge on any atom is -0.396 e. The summed E-state index contributed by atoms with van der Waals surface area (Å²) in [5.41, 5.74) is -1.13. The van der Waals surface area contributed by atoms with Gasteiger partial charge in [0.15, 0.2) is 0 Å². The molecular formula is C7H12O4. The molecule has 4 heteroatoms. The molecule has 64 valence electrons. The van der Waals surface area contributed by atoms with Gasteiger partial charge in [-0.3, -0.25) is 0 Å². The van der Waals surface area contributed by atoms with E-state index in [1.807, 2.05) is 0 Å². The predicted molar refractivity (Wildman–Crippen MR) is 37.0 cm³/mol. The number of carbonyl (C=O) groups excluding carboxylic acids is 1. The first-order chi connectivity index (χ1) is 5.23. The van der Waals surface area contributed by atoms with Crippen LogP contribution in [0.4, 0.5) is 0 Å². The van der Waals surface area contributed by atoms with E-state index in [1.165, 1.54) is 0 Å². The van der Waals surface area contributed by atoms with Crippen LogP contribution in [0, 0.1) is 5.92 Å². The third kappa shape index (κ3) is 1.58. The lowest BCUT2D eigenvalue weighted by Gasteiger charge is -2.22. The van der Waals surface area contributed by atoms with Gasteiger partial charge in [0, 0.05) is 13.0 Å². The van der Waals surface area contributed by atoms with Crippen molar-refractivity contribution >= 4 is 6.29 Å². The van der Waals surface area contributed by atoms with E-state index in [9.17, 15) is 9.90 Å². The topological polar surface area (TPSA) is 66.8 Å². The lowest BCUT2D eigenvalue weighted by molar-refractivity contribution is -0.117. The zero-order valence-electron chi connectivity index (χ0n) is 6.19. The lowest BCUT2D eigenvalue weighted by Crippen LogP contribution is -2.38. The molecule has 1 heterocycles. The molecule has 2 atom stereocenters. The number of ether oxygens (including phenoxy) is 1. The van der Waals surface area contributed by atoms with E-state index in [-0.39, 0.29) is 26.2 Å². The molecule has 0 bridgehead atoms. The van der Waals surface area contributed by atoms with Crippen LogP contribution in [0.25, 0.3) is 0 Å². The Morgan fingerprint density at radius 2 is 2.45 bits per heavy atom. The molecule has 4 nitrogen and oxygen atoms in total. The smallest absolute Gasteiger partial charge is 0.128 e. The quantitative estimate of drug-likeness (QED) is 0.517. The molecule has 1 aliphatic rings. The van der Waals surface area contributed by atoms with Gasteiger partial charge in [0.25, 0.3) is 0 Å². The van der Waals surface area contributed by atoms with Crippen molar-refractivity contribution in [2.24, 2.45) is 5.92 Å². The van der Waals surface area contributed by atoms with E-state index >= 15 is 0 Å². The summed E-state index contributed by atoms with van der Waals surface area (Å²) in [4.78, 5) is 10.4. The summed E-state index contributed by atoms with van der Waals surface area (Å²) in [6, 6.07) is 0. The van der Waals surface area contributed by atoms with E-state index in [2.05, 4.69) is 0 Å². The zero-order chi connectivity index (χ0) is 8.32. The van der Waals surface area contributed by atoms with Crippen LogP contribution in [0.2, 0.25) is 0 Å². The van der Waals surface area contributed by atoms with Gasteiger partial charge >= 0.3 is 0 Å². The van der Waals surface area contributed by atoms with Crippen molar-refractivity contribution in [3.63, 3.8) is 0 Å². The summed E-state index contributed by atoms with van der Waals surface area (Å²) in [7, 11) is 0. The number of hydrogen-bond acceptors (Lipinski definition) is 4. The summed E-state index contributed by atoms with van der Waals surface area (Å²) in [6.45, 7) is 0.293. The molecular weight excluding hydrogens is 148 g/mol. The molecule has 0 saturated carbocycles. The molecule has 0 radical (unpaired) electrons. The zero-order valence-corrected chi connectivity index (χ0v) is 6.19. The standard InChI is InChI=1S/C7H12O4/c8-2-1-7(10)5-11-4-6(7)3-9/h3,6,8,10H,1-2,4-5H2. The third-order valence-electron chi connectivity index (χ3n) is 2.05. The number of carbonyl (C=O) groups is 1. The Morgan fingerprint density at radius 3 is 3.00 bits per heavy atom. The molecule has 1 aliphatic heterocycles. The average Bonchev–Trinajstić information content (AvgIpc) is 2.31. The van der Waals surface area contributed by atoms with Gasteiger partial charge < -0.3 is 19.7 Å².